The SMILES string of the molecule is CCC(C(N)=S)S(=O)(=O)N1CCNC(=O)C1. The van der Waals surface area contributed by atoms with Gasteiger partial charge in [0, 0.05) is 13.1 Å². The molecule has 1 rings (SSSR count). The van der Waals surface area contributed by atoms with E-state index in [1.807, 2.05) is 0 Å². The van der Waals surface area contributed by atoms with E-state index in [9.17, 15) is 13.2 Å². The lowest BCUT2D eigenvalue weighted by molar-refractivity contribution is -0.122. The van der Waals surface area contributed by atoms with Crippen molar-refractivity contribution in [2.75, 3.05) is 19.6 Å². The lowest BCUT2D eigenvalue weighted by Crippen LogP contribution is -2.54. The van der Waals surface area contributed by atoms with Crippen LogP contribution >= 0.6 is 12.2 Å². The summed E-state index contributed by atoms with van der Waals surface area (Å²) in [6, 6.07) is 0. The number of nitrogens with one attached hydrogen (secondary N) is 1. The molecule has 0 aromatic carbocycles. The molecule has 92 valence electrons. The first kappa shape index (κ1) is 13.3. The number of amides is 1. The van der Waals surface area contributed by atoms with Crippen LogP contribution < -0.4 is 11.1 Å². The summed E-state index contributed by atoms with van der Waals surface area (Å²) >= 11 is 4.73. The average Bonchev–Trinajstić information content (AvgIpc) is 2.17. The number of hydrogen-bond donors (Lipinski definition) is 2. The van der Waals surface area contributed by atoms with E-state index >= 15 is 0 Å². The summed E-state index contributed by atoms with van der Waals surface area (Å²) in [5, 5.41) is 1.68. The minimum atomic E-state index is -3.60. The lowest BCUT2D eigenvalue weighted by Gasteiger charge is -2.29. The van der Waals surface area contributed by atoms with Crippen molar-refractivity contribution < 1.29 is 13.2 Å². The fraction of sp³-hybridized carbons (Fsp3) is 0.750. The van der Waals surface area contributed by atoms with E-state index < -0.39 is 15.3 Å². The van der Waals surface area contributed by atoms with Gasteiger partial charge >= 0.3 is 0 Å². The van der Waals surface area contributed by atoms with Gasteiger partial charge in [0.25, 0.3) is 0 Å². The summed E-state index contributed by atoms with van der Waals surface area (Å²) in [5.41, 5.74) is 5.40. The molecule has 16 heavy (non-hydrogen) atoms. The Morgan fingerprint density at radius 3 is 2.75 bits per heavy atom. The van der Waals surface area contributed by atoms with Crippen molar-refractivity contribution in [3.8, 4) is 0 Å². The molecule has 1 unspecified atom stereocenters. The van der Waals surface area contributed by atoms with Gasteiger partial charge in [-0.15, -0.1) is 0 Å². The number of thiocarbonyl (C=S) groups is 1. The predicted octanol–water partition coefficient (Wildman–Crippen LogP) is -1.19. The Balaban J connectivity index is 2.91. The molecule has 3 N–H and O–H groups in total. The Labute approximate surface area is 100 Å². The lowest BCUT2D eigenvalue weighted by atomic mass is 10.3. The van der Waals surface area contributed by atoms with Gasteiger partial charge in [-0.2, -0.15) is 4.31 Å². The predicted molar refractivity (Wildman–Crippen MR) is 64.4 cm³/mol. The maximum Gasteiger partial charge on any atom is 0.235 e. The molecule has 8 heteroatoms. The van der Waals surface area contributed by atoms with Gasteiger partial charge in [0.15, 0.2) is 0 Å². The highest BCUT2D eigenvalue weighted by Crippen LogP contribution is 2.13. The Morgan fingerprint density at radius 2 is 2.31 bits per heavy atom. The van der Waals surface area contributed by atoms with Crippen LogP contribution in [0, 0.1) is 0 Å². The van der Waals surface area contributed by atoms with Crippen LogP contribution in [-0.2, 0) is 14.8 Å². The summed E-state index contributed by atoms with van der Waals surface area (Å²) in [6.45, 7) is 2.14. The minimum Gasteiger partial charge on any atom is -0.392 e. The number of nitrogens with zero attached hydrogens (tertiary/aromatic N) is 1. The Morgan fingerprint density at radius 1 is 1.69 bits per heavy atom. The van der Waals surface area contributed by atoms with Crippen LogP contribution in [0.3, 0.4) is 0 Å². The highest BCUT2D eigenvalue weighted by atomic mass is 32.2. The van der Waals surface area contributed by atoms with E-state index in [-0.39, 0.29) is 24.0 Å². The van der Waals surface area contributed by atoms with Gasteiger partial charge in [-0.1, -0.05) is 19.1 Å². The molecule has 1 atom stereocenters. The van der Waals surface area contributed by atoms with Crippen molar-refractivity contribution in [1.29, 1.82) is 0 Å². The maximum absolute atomic E-state index is 12.1. The first-order chi connectivity index (χ1) is 7.39. The summed E-state index contributed by atoms with van der Waals surface area (Å²) in [5.74, 6) is -0.299. The molecule has 0 aromatic rings. The molecule has 0 saturated carbocycles. The molecule has 0 spiro atoms. The molecule has 1 aliphatic heterocycles. The van der Waals surface area contributed by atoms with Crippen LogP contribution in [0.4, 0.5) is 0 Å². The smallest absolute Gasteiger partial charge is 0.235 e. The Hall–Kier alpha value is -0.730. The highest BCUT2D eigenvalue weighted by Gasteiger charge is 2.35. The number of carbonyl (C=O) groups excluding carboxylic acids is 1. The molecule has 1 aliphatic rings. The van der Waals surface area contributed by atoms with Crippen LogP contribution in [0.1, 0.15) is 13.3 Å². The molecule has 1 saturated heterocycles. The fourth-order valence-electron chi connectivity index (χ4n) is 1.57. The average molecular weight is 265 g/mol. The fourth-order valence-corrected chi connectivity index (χ4v) is 3.82. The standard InChI is InChI=1S/C8H15N3O3S2/c1-2-6(8(9)15)16(13,14)11-4-3-10-7(12)5-11/h6H,2-5H2,1H3,(H2,9,15)(H,10,12). The molecule has 0 radical (unpaired) electrons. The molecular formula is C8H15N3O3S2. The number of sulfonamides is 1. The number of carbonyl (C=O) groups is 1. The second-order valence-corrected chi connectivity index (χ2v) is 6.11. The summed E-state index contributed by atoms with van der Waals surface area (Å²) in [4.78, 5) is 11.1. The van der Waals surface area contributed by atoms with Crippen LogP contribution in [0.25, 0.3) is 0 Å². The van der Waals surface area contributed by atoms with E-state index in [1.54, 1.807) is 6.92 Å². The Bertz CT molecular complexity index is 393. The van der Waals surface area contributed by atoms with Gasteiger partial charge in [-0.3, -0.25) is 4.79 Å². The van der Waals surface area contributed by atoms with Crippen molar-refractivity contribution in [3.63, 3.8) is 0 Å². The zero-order valence-corrected chi connectivity index (χ0v) is 10.6. The van der Waals surface area contributed by atoms with Crippen LogP contribution in [0.2, 0.25) is 0 Å². The molecule has 0 aromatic heterocycles. The number of hydrogen-bond acceptors (Lipinski definition) is 4. The first-order valence-corrected chi connectivity index (χ1v) is 6.85. The molecule has 1 fully saturated rings. The summed E-state index contributed by atoms with van der Waals surface area (Å²) in [6.07, 6.45) is 0.315. The van der Waals surface area contributed by atoms with Gasteiger partial charge in [-0.05, 0) is 6.42 Å². The summed E-state index contributed by atoms with van der Waals surface area (Å²) < 4.78 is 25.3. The third kappa shape index (κ3) is 2.69. The van der Waals surface area contributed by atoms with Crippen molar-refractivity contribution in [2.24, 2.45) is 5.73 Å². The van der Waals surface area contributed by atoms with Gasteiger partial charge in [-0.25, -0.2) is 8.42 Å². The molecule has 0 bridgehead atoms. The first-order valence-electron chi connectivity index (χ1n) is 4.94. The second-order valence-electron chi connectivity index (χ2n) is 3.53. The Kier molecular flexibility index (Phi) is 4.22. The van der Waals surface area contributed by atoms with Gasteiger partial charge in [0.05, 0.1) is 11.5 Å². The summed E-state index contributed by atoms with van der Waals surface area (Å²) in [7, 11) is -3.60. The minimum absolute atomic E-state index is 0.0477. The highest BCUT2D eigenvalue weighted by molar-refractivity contribution is 7.92. The zero-order chi connectivity index (χ0) is 12.3. The van der Waals surface area contributed by atoms with Gasteiger partial charge in [0.2, 0.25) is 15.9 Å². The van der Waals surface area contributed by atoms with E-state index in [0.717, 1.165) is 4.31 Å². The molecular weight excluding hydrogens is 250 g/mol. The van der Waals surface area contributed by atoms with Crippen molar-refractivity contribution in [1.82, 2.24) is 9.62 Å². The largest absolute Gasteiger partial charge is 0.392 e. The normalized spacial score (nSPS) is 20.2. The van der Waals surface area contributed by atoms with Crippen LogP contribution in [0.15, 0.2) is 0 Å². The van der Waals surface area contributed by atoms with Crippen molar-refractivity contribution in [3.05, 3.63) is 0 Å². The number of nitrogens with two attached hydrogens (primary N) is 1. The molecule has 0 aliphatic carbocycles. The number of piperazine rings is 1. The number of rotatable bonds is 4. The van der Waals surface area contributed by atoms with E-state index in [1.165, 1.54) is 0 Å². The van der Waals surface area contributed by atoms with Crippen LogP contribution in [-0.4, -0.2) is 48.5 Å². The molecule has 1 heterocycles. The van der Waals surface area contributed by atoms with Crippen molar-refractivity contribution in [2.45, 2.75) is 18.6 Å². The van der Waals surface area contributed by atoms with E-state index in [0.29, 0.717) is 13.0 Å². The monoisotopic (exact) mass is 265 g/mol. The van der Waals surface area contributed by atoms with Gasteiger partial charge < -0.3 is 11.1 Å². The maximum atomic E-state index is 12.1. The van der Waals surface area contributed by atoms with Crippen molar-refractivity contribution >= 4 is 33.1 Å². The second kappa shape index (κ2) is 5.07. The van der Waals surface area contributed by atoms with E-state index in [2.05, 4.69) is 5.32 Å². The topological polar surface area (TPSA) is 92.5 Å². The quantitative estimate of drug-likeness (QED) is 0.624. The molecule has 6 nitrogen and oxygen atoms in total. The van der Waals surface area contributed by atoms with Crippen LogP contribution in [0.5, 0.6) is 0 Å². The van der Waals surface area contributed by atoms with E-state index in [4.69, 9.17) is 18.0 Å². The van der Waals surface area contributed by atoms with Gasteiger partial charge in [0.1, 0.15) is 5.25 Å². The third-order valence-corrected chi connectivity index (χ3v) is 5.18. The zero-order valence-electron chi connectivity index (χ0n) is 8.97. The third-order valence-electron chi connectivity index (χ3n) is 2.41. The molecule has 1 amide bonds.